The number of hydrogen-bond donors (Lipinski definition) is 5. The van der Waals surface area contributed by atoms with Gasteiger partial charge >= 0.3 is 6.09 Å². The Kier molecular flexibility index (Phi) is 18.2. The first-order chi connectivity index (χ1) is 31.8. The van der Waals surface area contributed by atoms with E-state index in [9.17, 15) is 38.7 Å². The number of aliphatic hydroxyl groups excluding tert-OH is 1. The highest BCUT2D eigenvalue weighted by Gasteiger charge is 2.39. The lowest BCUT2D eigenvalue weighted by atomic mass is 10.0. The van der Waals surface area contributed by atoms with E-state index < -0.39 is 42.1 Å². The molecule has 0 aliphatic carbocycles. The van der Waals surface area contributed by atoms with Crippen molar-refractivity contribution >= 4 is 59.0 Å². The summed E-state index contributed by atoms with van der Waals surface area (Å²) in [5.41, 5.74) is 8.95. The summed E-state index contributed by atoms with van der Waals surface area (Å²) >= 11 is 0. The fourth-order valence-corrected chi connectivity index (χ4v) is 7.38. The van der Waals surface area contributed by atoms with Gasteiger partial charge in [-0.3, -0.25) is 33.7 Å². The van der Waals surface area contributed by atoms with Crippen molar-refractivity contribution in [2.75, 3.05) is 51.2 Å². The molecule has 3 unspecified atom stereocenters. The highest BCUT2D eigenvalue weighted by molar-refractivity contribution is 6.12. The number of carbonyl (C=O) groups excluding carboxylic acids is 7. The number of ether oxygens (including phenoxy) is 4. The Morgan fingerprint density at radius 3 is 2.21 bits per heavy atom. The zero-order valence-corrected chi connectivity index (χ0v) is 37.5. The third kappa shape index (κ3) is 13.2. The predicted octanol–water partition coefficient (Wildman–Crippen LogP) is 3.52. The minimum Gasteiger partial charge on any atom is -0.497 e. The lowest BCUT2D eigenvalue weighted by molar-refractivity contribution is -0.137. The number of rotatable bonds is 24. The number of aliphatic hydroxyl groups is 1. The number of carbonyl (C=O) groups is 7. The van der Waals surface area contributed by atoms with Gasteiger partial charge in [0.05, 0.1) is 39.6 Å². The maximum Gasteiger partial charge on any atom is 0.416 e. The quantitative estimate of drug-likeness (QED) is 0.0374. The Morgan fingerprint density at radius 2 is 1.58 bits per heavy atom. The van der Waals surface area contributed by atoms with E-state index in [2.05, 4.69) is 16.0 Å². The number of anilines is 2. The molecule has 19 nitrogen and oxygen atoms in total. The Labute approximate surface area is 382 Å². The number of imide groups is 1. The molecule has 0 spiro atoms. The molecule has 0 bridgehead atoms. The van der Waals surface area contributed by atoms with Crippen molar-refractivity contribution in [2.24, 2.45) is 5.73 Å². The molecular weight excluding hydrogens is 855 g/mol. The van der Waals surface area contributed by atoms with Gasteiger partial charge < -0.3 is 50.6 Å². The number of aryl methyl sites for hydroxylation is 1. The normalized spacial score (nSPS) is 15.1. The molecule has 0 saturated carbocycles. The smallest absolute Gasteiger partial charge is 0.416 e. The predicted molar refractivity (Wildman–Crippen MR) is 243 cm³/mol. The Hall–Kier alpha value is -7.25. The van der Waals surface area contributed by atoms with Gasteiger partial charge in [-0.15, -0.1) is 0 Å². The van der Waals surface area contributed by atoms with E-state index in [4.69, 9.17) is 24.7 Å². The average molecular weight is 912 g/mol. The lowest BCUT2D eigenvalue weighted by Crippen LogP contribution is -2.51. The molecule has 3 atom stereocenters. The third-order valence-electron chi connectivity index (χ3n) is 11.0. The zero-order chi connectivity index (χ0) is 47.8. The average Bonchev–Trinajstić information content (AvgIpc) is 3.91. The second kappa shape index (κ2) is 24.2. The molecule has 3 aromatic carbocycles. The first-order valence-electron chi connectivity index (χ1n) is 21.4. The van der Waals surface area contributed by atoms with E-state index in [-0.39, 0.29) is 56.5 Å². The van der Waals surface area contributed by atoms with E-state index >= 15 is 0 Å². The number of methoxy groups -OCH3 is 3. The van der Waals surface area contributed by atoms with Crippen LogP contribution in [0.5, 0.6) is 17.2 Å². The molecule has 0 radical (unpaired) electrons. The van der Waals surface area contributed by atoms with Gasteiger partial charge in [0.2, 0.25) is 24.1 Å². The molecule has 2 aliphatic heterocycles. The molecule has 0 saturated heterocycles. The fraction of sp³-hybridized carbons (Fsp3) is 0.383. The van der Waals surface area contributed by atoms with Crippen LogP contribution in [-0.4, -0.2) is 116 Å². The number of hydrogen-bond acceptors (Lipinski definition) is 13. The zero-order valence-electron chi connectivity index (χ0n) is 37.5. The summed E-state index contributed by atoms with van der Waals surface area (Å²) in [5.74, 6) is -0.903. The van der Waals surface area contributed by atoms with Crippen molar-refractivity contribution in [1.29, 1.82) is 0 Å². The molecule has 2 heterocycles. The Morgan fingerprint density at radius 1 is 0.894 bits per heavy atom. The number of nitrogens with two attached hydrogens (primary N) is 1. The summed E-state index contributed by atoms with van der Waals surface area (Å²) in [6.07, 6.45) is 4.65. The first kappa shape index (κ1) is 49.8. The monoisotopic (exact) mass is 911 g/mol. The molecular formula is C47H57N7O12. The largest absolute Gasteiger partial charge is 0.497 e. The van der Waals surface area contributed by atoms with Crippen molar-refractivity contribution in [1.82, 2.24) is 20.4 Å². The van der Waals surface area contributed by atoms with Crippen molar-refractivity contribution in [3.63, 3.8) is 0 Å². The van der Waals surface area contributed by atoms with Gasteiger partial charge in [0.25, 0.3) is 11.8 Å². The van der Waals surface area contributed by atoms with Gasteiger partial charge in [-0.1, -0.05) is 24.3 Å². The van der Waals surface area contributed by atoms with E-state index in [1.165, 1.54) is 31.3 Å². The molecule has 352 valence electrons. The SMILES string of the molecule is COc1ccc(C2=CN(C=O)C(C(O)N(C(=O)OCc3ccc(NC(=O)C(CCCCN)NC(=O)CNC(=O)CCCCN4C(=O)C=CC4=O)cc3)c3cc(OC)c(OC)cc3C)C2)cc1. The lowest BCUT2D eigenvalue weighted by Gasteiger charge is -2.34. The van der Waals surface area contributed by atoms with Crippen LogP contribution in [0, 0.1) is 6.92 Å². The molecule has 7 amide bonds. The number of nitrogens with one attached hydrogen (secondary N) is 3. The molecule has 5 rings (SSSR count). The van der Waals surface area contributed by atoms with Gasteiger partial charge in [0.15, 0.2) is 17.7 Å². The summed E-state index contributed by atoms with van der Waals surface area (Å²) in [4.78, 5) is 92.0. The molecule has 3 aromatic rings. The van der Waals surface area contributed by atoms with Gasteiger partial charge in [0, 0.05) is 43.1 Å². The van der Waals surface area contributed by atoms with Crippen molar-refractivity contribution in [3.05, 3.63) is 95.7 Å². The second-order valence-electron chi connectivity index (χ2n) is 15.5. The van der Waals surface area contributed by atoms with E-state index in [1.54, 1.807) is 68.8 Å². The maximum absolute atomic E-state index is 14.1. The molecule has 19 heteroatoms. The van der Waals surface area contributed by atoms with E-state index in [0.29, 0.717) is 72.7 Å². The minimum atomic E-state index is -1.59. The minimum absolute atomic E-state index is 0.0788. The number of unbranched alkanes of at least 4 members (excludes halogenated alkanes) is 2. The summed E-state index contributed by atoms with van der Waals surface area (Å²) in [5, 5.41) is 20.0. The van der Waals surface area contributed by atoms with E-state index in [0.717, 1.165) is 20.9 Å². The second-order valence-corrected chi connectivity index (χ2v) is 15.5. The molecule has 66 heavy (non-hydrogen) atoms. The summed E-state index contributed by atoms with van der Waals surface area (Å²) in [7, 11) is 4.48. The van der Waals surface area contributed by atoms with Crippen LogP contribution in [0.25, 0.3) is 5.57 Å². The molecule has 2 aliphatic rings. The molecule has 6 N–H and O–H groups in total. The topological polar surface area (TPSA) is 248 Å². The van der Waals surface area contributed by atoms with Crippen LogP contribution in [0.2, 0.25) is 0 Å². The third-order valence-corrected chi connectivity index (χ3v) is 11.0. The van der Waals surface area contributed by atoms with Crippen LogP contribution in [0.1, 0.15) is 61.6 Å². The number of benzene rings is 3. The summed E-state index contributed by atoms with van der Waals surface area (Å²) < 4.78 is 22.0. The summed E-state index contributed by atoms with van der Waals surface area (Å²) in [6, 6.07) is 15.1. The van der Waals surface area contributed by atoms with Crippen LogP contribution in [0.15, 0.2) is 79.0 Å². The Bertz CT molecular complexity index is 2260. The number of nitrogens with zero attached hydrogens (tertiary/aromatic N) is 3. The van der Waals surface area contributed by atoms with Crippen molar-refractivity contribution < 1.29 is 57.6 Å². The highest BCUT2D eigenvalue weighted by atomic mass is 16.6. The van der Waals surface area contributed by atoms with Gasteiger partial charge in [-0.05, 0) is 105 Å². The van der Waals surface area contributed by atoms with Gasteiger partial charge in [0.1, 0.15) is 18.4 Å². The van der Waals surface area contributed by atoms with Crippen LogP contribution >= 0.6 is 0 Å². The van der Waals surface area contributed by atoms with Crippen molar-refractivity contribution in [2.45, 2.75) is 76.8 Å². The van der Waals surface area contributed by atoms with Gasteiger partial charge in [-0.25, -0.2) is 9.69 Å². The molecule has 0 fully saturated rings. The van der Waals surface area contributed by atoms with Crippen LogP contribution in [0.3, 0.4) is 0 Å². The molecule has 0 aromatic heterocycles. The highest BCUT2D eigenvalue weighted by Crippen LogP contribution is 2.39. The van der Waals surface area contributed by atoms with Gasteiger partial charge in [-0.2, -0.15) is 0 Å². The van der Waals surface area contributed by atoms with Crippen molar-refractivity contribution in [3.8, 4) is 17.2 Å². The summed E-state index contributed by atoms with van der Waals surface area (Å²) in [6.45, 7) is 1.71. The van der Waals surface area contributed by atoms with Crippen LogP contribution < -0.4 is 40.8 Å². The fourth-order valence-electron chi connectivity index (χ4n) is 7.38. The standard InChI is InChI=1S/C47H57N7O12/c1-30-23-39(64-3)40(65-4)25-37(30)54(46(61)38-24-33(27-52(38)29-55)32-13-17-35(63-2)18-14-32)47(62)66-28-31-11-15-34(16-12-31)50-45(60)36(9-5-7-21-48)51-42(57)26-49-41(56)10-6-8-22-53-43(58)19-20-44(53)59/h11-20,23,25,27,29,36,38,46,61H,5-10,21-22,24,26,28,48H2,1-4H3,(H,49,56)(H,50,60)(H,51,57). The number of amides is 7. The Balaban J connectivity index is 1.20. The van der Waals surface area contributed by atoms with Crippen LogP contribution in [-0.2, 0) is 40.1 Å². The maximum atomic E-state index is 14.1. The van der Waals surface area contributed by atoms with E-state index in [1.807, 2.05) is 12.1 Å². The first-order valence-corrected chi connectivity index (χ1v) is 21.4. The van der Waals surface area contributed by atoms with Crippen LogP contribution in [0.4, 0.5) is 16.2 Å².